The van der Waals surface area contributed by atoms with Crippen molar-refractivity contribution < 1.29 is 23.1 Å². The van der Waals surface area contributed by atoms with Crippen LogP contribution in [-0.2, 0) is 6.54 Å². The number of carbonyl (C=O) groups is 1. The molecule has 1 aliphatic heterocycles. The topological polar surface area (TPSA) is 64.8 Å². The SMILES string of the molecule is CN1CCN(CCCN(C(=O)O)c2cccc(Cn3nc(-c4cc(F)c(F)c(F)c4)ccc3=S)c2)CC1. The molecule has 11 heteroatoms. The second-order valence-corrected chi connectivity index (χ2v) is 9.49. The molecule has 0 aliphatic carbocycles. The molecule has 0 atom stereocenters. The highest BCUT2D eigenvalue weighted by atomic mass is 32.1. The van der Waals surface area contributed by atoms with Crippen molar-refractivity contribution in [3.63, 3.8) is 0 Å². The number of piperazine rings is 1. The van der Waals surface area contributed by atoms with Crippen molar-refractivity contribution in [2.45, 2.75) is 13.0 Å². The molecule has 0 unspecified atom stereocenters. The second kappa shape index (κ2) is 11.8. The molecule has 2 heterocycles. The zero-order valence-electron chi connectivity index (χ0n) is 20.4. The number of nitrogens with zero attached hydrogens (tertiary/aromatic N) is 5. The number of hydrogen-bond acceptors (Lipinski definition) is 5. The molecule has 1 N–H and O–H groups in total. The van der Waals surface area contributed by atoms with Gasteiger partial charge in [-0.2, -0.15) is 5.10 Å². The molecule has 1 saturated heterocycles. The maximum Gasteiger partial charge on any atom is 0.411 e. The molecule has 7 nitrogen and oxygen atoms in total. The van der Waals surface area contributed by atoms with Gasteiger partial charge in [0.1, 0.15) is 4.64 Å². The van der Waals surface area contributed by atoms with Crippen LogP contribution in [0.25, 0.3) is 11.3 Å². The van der Waals surface area contributed by atoms with Crippen LogP contribution >= 0.6 is 12.2 Å². The van der Waals surface area contributed by atoms with E-state index in [9.17, 15) is 23.1 Å². The van der Waals surface area contributed by atoms with Crippen molar-refractivity contribution in [2.24, 2.45) is 0 Å². The molecule has 0 bridgehead atoms. The minimum absolute atomic E-state index is 0.0753. The van der Waals surface area contributed by atoms with E-state index in [1.165, 1.54) is 15.6 Å². The minimum Gasteiger partial charge on any atom is -0.465 e. The third-order valence-electron chi connectivity index (χ3n) is 6.38. The van der Waals surface area contributed by atoms with Gasteiger partial charge in [0.15, 0.2) is 17.5 Å². The van der Waals surface area contributed by atoms with Gasteiger partial charge in [0, 0.05) is 44.0 Å². The van der Waals surface area contributed by atoms with Crippen LogP contribution in [0.1, 0.15) is 12.0 Å². The van der Waals surface area contributed by atoms with Crippen molar-refractivity contribution >= 4 is 24.0 Å². The monoisotopic (exact) mass is 531 g/mol. The van der Waals surface area contributed by atoms with Crippen LogP contribution in [0.3, 0.4) is 0 Å². The number of anilines is 1. The van der Waals surface area contributed by atoms with E-state index in [1.54, 1.807) is 24.3 Å². The molecular weight excluding hydrogens is 503 g/mol. The van der Waals surface area contributed by atoms with E-state index >= 15 is 0 Å². The number of hydrogen-bond donors (Lipinski definition) is 1. The van der Waals surface area contributed by atoms with Crippen LogP contribution in [0.5, 0.6) is 0 Å². The lowest BCUT2D eigenvalue weighted by Gasteiger charge is -2.32. The molecule has 2 aromatic carbocycles. The summed E-state index contributed by atoms with van der Waals surface area (Å²) in [4.78, 5) is 18.0. The molecule has 0 saturated carbocycles. The lowest BCUT2D eigenvalue weighted by molar-refractivity contribution is 0.153. The molecule has 196 valence electrons. The zero-order chi connectivity index (χ0) is 26.5. The zero-order valence-corrected chi connectivity index (χ0v) is 21.2. The minimum atomic E-state index is -1.54. The Hall–Kier alpha value is -3.28. The van der Waals surface area contributed by atoms with Crippen molar-refractivity contribution in [1.29, 1.82) is 0 Å². The van der Waals surface area contributed by atoms with E-state index in [-0.39, 0.29) is 17.8 Å². The highest BCUT2D eigenvalue weighted by molar-refractivity contribution is 7.71. The summed E-state index contributed by atoms with van der Waals surface area (Å²) < 4.78 is 42.6. The van der Waals surface area contributed by atoms with Gasteiger partial charge in [-0.3, -0.25) is 4.90 Å². The average molecular weight is 532 g/mol. The van der Waals surface area contributed by atoms with Crippen molar-refractivity contribution in [1.82, 2.24) is 19.6 Å². The maximum absolute atomic E-state index is 13.7. The van der Waals surface area contributed by atoms with Crippen LogP contribution in [0.2, 0.25) is 0 Å². The fourth-order valence-corrected chi connectivity index (χ4v) is 4.45. The largest absolute Gasteiger partial charge is 0.465 e. The molecule has 0 spiro atoms. The summed E-state index contributed by atoms with van der Waals surface area (Å²) in [6.45, 7) is 5.36. The molecule has 1 aromatic heterocycles. The van der Waals surface area contributed by atoms with E-state index in [0.717, 1.165) is 50.4 Å². The third kappa shape index (κ3) is 6.73. The van der Waals surface area contributed by atoms with Gasteiger partial charge in [-0.25, -0.2) is 22.6 Å². The van der Waals surface area contributed by atoms with Gasteiger partial charge < -0.3 is 14.9 Å². The van der Waals surface area contributed by atoms with Crippen LogP contribution in [0, 0.1) is 22.1 Å². The Morgan fingerprint density at radius 1 is 1.05 bits per heavy atom. The summed E-state index contributed by atoms with van der Waals surface area (Å²) in [7, 11) is 2.10. The Kier molecular flexibility index (Phi) is 8.57. The maximum atomic E-state index is 13.7. The second-order valence-electron chi connectivity index (χ2n) is 9.07. The quantitative estimate of drug-likeness (QED) is 0.331. The number of amides is 1. The fourth-order valence-electron chi connectivity index (χ4n) is 4.27. The highest BCUT2D eigenvalue weighted by Gasteiger charge is 2.18. The predicted molar refractivity (Wildman–Crippen MR) is 138 cm³/mol. The Labute approximate surface area is 218 Å². The molecule has 37 heavy (non-hydrogen) atoms. The van der Waals surface area contributed by atoms with E-state index in [0.29, 0.717) is 23.3 Å². The van der Waals surface area contributed by atoms with Crippen LogP contribution < -0.4 is 4.90 Å². The summed E-state index contributed by atoms with van der Waals surface area (Å²) in [5, 5.41) is 14.2. The number of benzene rings is 2. The number of halogens is 3. The van der Waals surface area contributed by atoms with Gasteiger partial charge in [0.2, 0.25) is 0 Å². The first kappa shape index (κ1) is 26.8. The van der Waals surface area contributed by atoms with E-state index in [4.69, 9.17) is 12.2 Å². The number of carboxylic acid groups (broad SMARTS) is 1. The molecule has 4 rings (SSSR count). The first-order valence-electron chi connectivity index (χ1n) is 11.9. The summed E-state index contributed by atoms with van der Waals surface area (Å²) >= 11 is 5.37. The Morgan fingerprint density at radius 3 is 2.43 bits per heavy atom. The Morgan fingerprint density at radius 2 is 1.76 bits per heavy atom. The molecule has 0 radical (unpaired) electrons. The molecule has 1 amide bonds. The third-order valence-corrected chi connectivity index (χ3v) is 6.73. The van der Waals surface area contributed by atoms with Gasteiger partial charge in [-0.1, -0.05) is 24.4 Å². The first-order chi connectivity index (χ1) is 17.7. The van der Waals surface area contributed by atoms with Gasteiger partial charge in [0.25, 0.3) is 0 Å². The first-order valence-corrected chi connectivity index (χ1v) is 12.4. The molecule has 1 fully saturated rings. The van der Waals surface area contributed by atoms with Crippen molar-refractivity contribution in [2.75, 3.05) is 51.2 Å². The van der Waals surface area contributed by atoms with Gasteiger partial charge in [-0.15, -0.1) is 0 Å². The lowest BCUT2D eigenvalue weighted by atomic mass is 10.1. The standard InChI is InChI=1S/C26H28F3N5O2S/c1-31-10-12-32(13-11-31)8-3-9-33(26(35)36)20-5-2-4-18(14-20)17-34-24(37)7-6-23(30-34)19-15-21(27)25(29)22(28)16-19/h2,4-7,14-16H,3,8-13,17H2,1H3,(H,35,36). The highest BCUT2D eigenvalue weighted by Crippen LogP contribution is 2.23. The number of rotatable bonds is 8. The normalized spacial score (nSPS) is 14.6. The molecule has 1 aliphatic rings. The lowest BCUT2D eigenvalue weighted by Crippen LogP contribution is -2.45. The summed E-state index contributed by atoms with van der Waals surface area (Å²) in [5.74, 6) is -4.15. The smallest absolute Gasteiger partial charge is 0.411 e. The van der Waals surface area contributed by atoms with Crippen LogP contribution in [0.4, 0.5) is 23.7 Å². The summed E-state index contributed by atoms with van der Waals surface area (Å²) in [6.07, 6.45) is -0.327. The van der Waals surface area contributed by atoms with Gasteiger partial charge in [0.05, 0.1) is 12.2 Å². The predicted octanol–water partition coefficient (Wildman–Crippen LogP) is 4.87. The van der Waals surface area contributed by atoms with E-state index in [2.05, 4.69) is 21.9 Å². The van der Waals surface area contributed by atoms with Gasteiger partial charge >= 0.3 is 6.09 Å². The van der Waals surface area contributed by atoms with E-state index < -0.39 is 23.5 Å². The van der Waals surface area contributed by atoms with Crippen molar-refractivity contribution in [3.8, 4) is 11.3 Å². The number of aromatic nitrogens is 2. The van der Waals surface area contributed by atoms with Crippen LogP contribution in [-0.4, -0.2) is 77.1 Å². The average Bonchev–Trinajstić information content (AvgIpc) is 2.87. The summed E-state index contributed by atoms with van der Waals surface area (Å²) in [6, 6.07) is 11.9. The van der Waals surface area contributed by atoms with Crippen LogP contribution in [0.15, 0.2) is 48.5 Å². The number of likely N-dealkylation sites (N-methyl/N-ethyl adjacent to an activating group) is 1. The van der Waals surface area contributed by atoms with E-state index in [1.807, 2.05) is 6.07 Å². The van der Waals surface area contributed by atoms with Gasteiger partial charge in [-0.05, 0) is 62.0 Å². The summed E-state index contributed by atoms with van der Waals surface area (Å²) in [5.41, 5.74) is 1.58. The van der Waals surface area contributed by atoms with Crippen molar-refractivity contribution in [3.05, 3.63) is 76.2 Å². The molecule has 3 aromatic rings. The fraction of sp³-hybridized carbons (Fsp3) is 0.346. The Balaban J connectivity index is 1.49. The Bertz CT molecular complexity index is 1300. The molecular formula is C26H28F3N5O2S.